The Labute approximate surface area is 156 Å². The highest BCUT2D eigenvalue weighted by Crippen LogP contribution is 2.26. The minimum absolute atomic E-state index is 0.252. The standard InChI is InChI=1S/C20H32N4O2/c1-3-21-20(24-11-9-17(25)14-24)23-13-16-8-10-22-19(12-16)26-18-6-4-15(2)5-7-18/h8,10,12,15,17-18,25H,3-7,9,11,13-14H2,1-2H3,(H,21,23)/t15?,17-,18?/m1/s1. The average Bonchev–Trinajstić information content (AvgIpc) is 3.07. The lowest BCUT2D eigenvalue weighted by Crippen LogP contribution is -2.40. The fraction of sp³-hybridized carbons (Fsp3) is 0.700. The summed E-state index contributed by atoms with van der Waals surface area (Å²) in [5, 5.41) is 13.1. The Morgan fingerprint density at radius 1 is 1.35 bits per heavy atom. The topological polar surface area (TPSA) is 70.0 Å². The second-order valence-electron chi connectivity index (χ2n) is 7.56. The van der Waals surface area contributed by atoms with E-state index >= 15 is 0 Å². The highest BCUT2D eigenvalue weighted by Gasteiger charge is 2.23. The number of rotatable bonds is 5. The van der Waals surface area contributed by atoms with Gasteiger partial charge >= 0.3 is 0 Å². The minimum Gasteiger partial charge on any atom is -0.474 e. The van der Waals surface area contributed by atoms with Crippen LogP contribution in [0.3, 0.4) is 0 Å². The van der Waals surface area contributed by atoms with E-state index in [4.69, 9.17) is 9.73 Å². The molecule has 0 radical (unpaired) electrons. The van der Waals surface area contributed by atoms with Crippen molar-refractivity contribution in [1.29, 1.82) is 0 Å². The molecule has 0 unspecified atom stereocenters. The Morgan fingerprint density at radius 3 is 2.85 bits per heavy atom. The molecule has 6 heteroatoms. The maximum atomic E-state index is 9.76. The summed E-state index contributed by atoms with van der Waals surface area (Å²) >= 11 is 0. The van der Waals surface area contributed by atoms with Gasteiger partial charge in [-0.25, -0.2) is 9.98 Å². The van der Waals surface area contributed by atoms with E-state index in [1.54, 1.807) is 6.20 Å². The van der Waals surface area contributed by atoms with Crippen LogP contribution in [0.2, 0.25) is 0 Å². The first-order chi connectivity index (χ1) is 12.6. The molecule has 1 saturated heterocycles. The van der Waals surface area contributed by atoms with Crippen molar-refractivity contribution in [3.8, 4) is 5.88 Å². The number of hydrogen-bond donors (Lipinski definition) is 2. The lowest BCUT2D eigenvalue weighted by atomic mass is 9.89. The van der Waals surface area contributed by atoms with Crippen molar-refractivity contribution in [2.45, 2.75) is 64.7 Å². The summed E-state index contributed by atoms with van der Waals surface area (Å²) in [7, 11) is 0. The van der Waals surface area contributed by atoms with E-state index < -0.39 is 0 Å². The highest BCUT2D eigenvalue weighted by molar-refractivity contribution is 5.80. The average molecular weight is 361 g/mol. The van der Waals surface area contributed by atoms with E-state index in [-0.39, 0.29) is 6.10 Å². The molecule has 1 saturated carbocycles. The third-order valence-electron chi connectivity index (χ3n) is 5.26. The number of aliphatic hydroxyl groups is 1. The van der Waals surface area contributed by atoms with Crippen LogP contribution in [0.15, 0.2) is 23.3 Å². The van der Waals surface area contributed by atoms with Crippen molar-refractivity contribution < 1.29 is 9.84 Å². The first-order valence-electron chi connectivity index (χ1n) is 9.97. The Hall–Kier alpha value is -1.82. The molecule has 2 fully saturated rings. The Morgan fingerprint density at radius 2 is 2.15 bits per heavy atom. The van der Waals surface area contributed by atoms with Gasteiger partial charge in [-0.15, -0.1) is 0 Å². The van der Waals surface area contributed by atoms with Crippen molar-refractivity contribution in [1.82, 2.24) is 15.2 Å². The molecule has 1 atom stereocenters. The zero-order valence-electron chi connectivity index (χ0n) is 16.0. The summed E-state index contributed by atoms with van der Waals surface area (Å²) in [5.41, 5.74) is 1.09. The van der Waals surface area contributed by atoms with Gasteiger partial charge in [0.2, 0.25) is 5.88 Å². The maximum absolute atomic E-state index is 9.76. The Bertz CT molecular complexity index is 599. The number of guanidine groups is 1. The molecule has 1 aromatic rings. The number of likely N-dealkylation sites (tertiary alicyclic amines) is 1. The normalized spacial score (nSPS) is 26.8. The summed E-state index contributed by atoms with van der Waals surface area (Å²) in [5.74, 6) is 2.39. The molecule has 1 aliphatic heterocycles. The van der Waals surface area contributed by atoms with Gasteiger partial charge in [-0.1, -0.05) is 6.92 Å². The van der Waals surface area contributed by atoms with Crippen LogP contribution in [0.25, 0.3) is 0 Å². The van der Waals surface area contributed by atoms with Gasteiger partial charge in [0.05, 0.1) is 12.6 Å². The van der Waals surface area contributed by atoms with Gasteiger partial charge in [-0.3, -0.25) is 0 Å². The van der Waals surface area contributed by atoms with Crippen LogP contribution in [0.1, 0.15) is 51.5 Å². The number of nitrogens with zero attached hydrogens (tertiary/aromatic N) is 3. The van der Waals surface area contributed by atoms with Crippen molar-refractivity contribution in [3.63, 3.8) is 0 Å². The monoisotopic (exact) mass is 360 g/mol. The van der Waals surface area contributed by atoms with E-state index in [9.17, 15) is 5.11 Å². The van der Waals surface area contributed by atoms with E-state index in [0.717, 1.165) is 49.8 Å². The molecule has 0 aromatic carbocycles. The fourth-order valence-corrected chi connectivity index (χ4v) is 3.66. The van der Waals surface area contributed by atoms with Crippen LogP contribution in [0.5, 0.6) is 5.88 Å². The highest BCUT2D eigenvalue weighted by atomic mass is 16.5. The molecular weight excluding hydrogens is 328 g/mol. The Kier molecular flexibility index (Phi) is 6.72. The van der Waals surface area contributed by atoms with Crippen molar-refractivity contribution in [3.05, 3.63) is 23.9 Å². The molecule has 1 aliphatic carbocycles. The summed E-state index contributed by atoms with van der Waals surface area (Å²) in [6.45, 7) is 7.26. The van der Waals surface area contributed by atoms with Gasteiger partial charge < -0.3 is 20.1 Å². The fourth-order valence-electron chi connectivity index (χ4n) is 3.66. The molecule has 144 valence electrons. The van der Waals surface area contributed by atoms with E-state index in [0.29, 0.717) is 25.1 Å². The lowest BCUT2D eigenvalue weighted by Gasteiger charge is -2.26. The SMILES string of the molecule is CCNC(=NCc1ccnc(OC2CCC(C)CC2)c1)N1CC[C@@H](O)C1. The maximum Gasteiger partial charge on any atom is 0.213 e. The van der Waals surface area contributed by atoms with Gasteiger partial charge in [0, 0.05) is 31.9 Å². The third-order valence-corrected chi connectivity index (χ3v) is 5.26. The van der Waals surface area contributed by atoms with E-state index in [1.807, 2.05) is 12.1 Å². The second-order valence-corrected chi connectivity index (χ2v) is 7.56. The number of ether oxygens (including phenoxy) is 1. The molecular formula is C20H32N4O2. The number of aliphatic imine (C=N–C) groups is 1. The third kappa shape index (κ3) is 5.34. The smallest absolute Gasteiger partial charge is 0.213 e. The van der Waals surface area contributed by atoms with Gasteiger partial charge in [-0.05, 0) is 56.6 Å². The van der Waals surface area contributed by atoms with Crippen LogP contribution < -0.4 is 10.1 Å². The van der Waals surface area contributed by atoms with Gasteiger partial charge in [-0.2, -0.15) is 0 Å². The first-order valence-corrected chi connectivity index (χ1v) is 9.97. The minimum atomic E-state index is -0.252. The molecule has 0 spiro atoms. The van der Waals surface area contributed by atoms with E-state index in [1.165, 1.54) is 12.8 Å². The summed E-state index contributed by atoms with van der Waals surface area (Å²) in [4.78, 5) is 11.2. The lowest BCUT2D eigenvalue weighted by molar-refractivity contribution is 0.130. The number of β-amino-alcohol motifs (C(OH)–C–C–N with tert-alkyl or cyclic N) is 1. The molecule has 2 aliphatic rings. The number of hydrogen-bond acceptors (Lipinski definition) is 4. The summed E-state index contributed by atoms with van der Waals surface area (Å²) in [6, 6.07) is 3.99. The molecule has 0 bridgehead atoms. The molecule has 6 nitrogen and oxygen atoms in total. The summed E-state index contributed by atoms with van der Waals surface area (Å²) in [6.07, 6.45) is 7.36. The van der Waals surface area contributed by atoms with Gasteiger partial charge in [0.1, 0.15) is 6.10 Å². The van der Waals surface area contributed by atoms with Crippen molar-refractivity contribution in [2.24, 2.45) is 10.9 Å². The van der Waals surface area contributed by atoms with Crippen LogP contribution >= 0.6 is 0 Å². The largest absolute Gasteiger partial charge is 0.474 e. The zero-order chi connectivity index (χ0) is 18.4. The predicted octanol–water partition coefficient (Wildman–Crippen LogP) is 2.57. The van der Waals surface area contributed by atoms with Gasteiger partial charge in [0.15, 0.2) is 5.96 Å². The number of nitrogens with one attached hydrogen (secondary N) is 1. The molecule has 26 heavy (non-hydrogen) atoms. The molecule has 2 N–H and O–H groups in total. The van der Waals surface area contributed by atoms with Crippen LogP contribution in [-0.2, 0) is 6.54 Å². The second kappa shape index (κ2) is 9.21. The van der Waals surface area contributed by atoms with Gasteiger partial charge in [0.25, 0.3) is 0 Å². The Balaban J connectivity index is 1.60. The first kappa shape index (κ1) is 19.0. The van der Waals surface area contributed by atoms with Crippen LogP contribution in [0, 0.1) is 5.92 Å². The molecule has 1 aromatic heterocycles. The molecule has 2 heterocycles. The van der Waals surface area contributed by atoms with E-state index in [2.05, 4.69) is 29.0 Å². The zero-order valence-corrected chi connectivity index (χ0v) is 16.0. The molecule has 0 amide bonds. The number of pyridine rings is 1. The van der Waals surface area contributed by atoms with Crippen LogP contribution in [-0.4, -0.2) is 52.8 Å². The van der Waals surface area contributed by atoms with Crippen LogP contribution in [0.4, 0.5) is 0 Å². The number of aromatic nitrogens is 1. The summed E-state index contributed by atoms with van der Waals surface area (Å²) < 4.78 is 6.09. The van der Waals surface area contributed by atoms with Crippen molar-refractivity contribution >= 4 is 5.96 Å². The molecule has 3 rings (SSSR count). The van der Waals surface area contributed by atoms with Crippen molar-refractivity contribution in [2.75, 3.05) is 19.6 Å². The number of aliphatic hydroxyl groups excluding tert-OH is 1. The predicted molar refractivity (Wildman–Crippen MR) is 103 cm³/mol. The quantitative estimate of drug-likeness (QED) is 0.624.